The molecule has 2 amide bonds. The molecule has 1 aromatic heterocycles. The zero-order chi connectivity index (χ0) is 25.7. The van der Waals surface area contributed by atoms with Gasteiger partial charge in [-0.05, 0) is 42.7 Å². The minimum Gasteiger partial charge on any atom is -0.436 e. The number of halogens is 2. The first-order valence-electron chi connectivity index (χ1n) is 11.1. The maximum atomic E-state index is 15.1. The molecule has 0 aliphatic carbocycles. The number of ether oxygens (including phenoxy) is 1. The number of fused-ring (bicyclic) bond motifs is 2. The topological polar surface area (TPSA) is 111 Å². The van der Waals surface area contributed by atoms with Gasteiger partial charge in [0.05, 0.1) is 46.0 Å². The number of hydrogen-bond acceptors (Lipinski definition) is 6. The van der Waals surface area contributed by atoms with Crippen LogP contribution in [-0.2, 0) is 26.7 Å². The fraction of sp³-hybridized carbons (Fsp3) is 0.292. The number of likely N-dealkylation sites (tertiary alicyclic amines) is 1. The third kappa shape index (κ3) is 4.44. The minimum absolute atomic E-state index is 0.0366. The van der Waals surface area contributed by atoms with Crippen LogP contribution in [0.2, 0.25) is 5.02 Å². The van der Waals surface area contributed by atoms with Crippen molar-refractivity contribution >= 4 is 39.1 Å². The van der Waals surface area contributed by atoms with Gasteiger partial charge in [-0.2, -0.15) is 5.10 Å². The van der Waals surface area contributed by atoms with Gasteiger partial charge < -0.3 is 9.64 Å². The SMILES string of the molecule is CS(=O)(=O)c1cccc(Cn2cc(C(=O)N3CCC[C@@]4(C3)OC(=O)Nc3ccc(Cl)c(F)c34)cn2)c1. The van der Waals surface area contributed by atoms with E-state index in [4.69, 9.17) is 16.3 Å². The lowest BCUT2D eigenvalue weighted by molar-refractivity contribution is -0.0418. The van der Waals surface area contributed by atoms with E-state index < -0.39 is 27.3 Å². The number of hydrogen-bond donors (Lipinski definition) is 1. The molecule has 188 valence electrons. The predicted molar refractivity (Wildman–Crippen MR) is 129 cm³/mol. The normalized spacial score (nSPS) is 19.5. The highest BCUT2D eigenvalue weighted by molar-refractivity contribution is 7.90. The number of rotatable bonds is 4. The zero-order valence-corrected chi connectivity index (χ0v) is 20.8. The average Bonchev–Trinajstić information content (AvgIpc) is 3.29. The molecule has 1 saturated heterocycles. The first-order chi connectivity index (χ1) is 17.1. The summed E-state index contributed by atoms with van der Waals surface area (Å²) < 4.78 is 45.9. The Morgan fingerprint density at radius 3 is 2.89 bits per heavy atom. The molecule has 0 saturated carbocycles. The first kappa shape index (κ1) is 24.3. The van der Waals surface area contributed by atoms with Crippen LogP contribution in [-0.4, -0.2) is 54.4 Å². The molecule has 2 aromatic carbocycles. The average molecular weight is 533 g/mol. The lowest BCUT2D eigenvalue weighted by Gasteiger charge is -2.45. The van der Waals surface area contributed by atoms with Crippen LogP contribution < -0.4 is 5.32 Å². The van der Waals surface area contributed by atoms with E-state index in [0.29, 0.717) is 30.5 Å². The van der Waals surface area contributed by atoms with E-state index in [1.807, 2.05) is 0 Å². The number of anilines is 1. The van der Waals surface area contributed by atoms with Crippen molar-refractivity contribution in [1.82, 2.24) is 14.7 Å². The monoisotopic (exact) mass is 532 g/mol. The van der Waals surface area contributed by atoms with Crippen molar-refractivity contribution in [2.24, 2.45) is 0 Å². The number of carbonyl (C=O) groups is 2. The number of amides is 2. The number of benzene rings is 2. The number of nitrogens with zero attached hydrogens (tertiary/aromatic N) is 3. The predicted octanol–water partition coefficient (Wildman–Crippen LogP) is 3.82. The Morgan fingerprint density at radius 2 is 2.11 bits per heavy atom. The fourth-order valence-electron chi connectivity index (χ4n) is 4.75. The molecule has 1 atom stereocenters. The second-order valence-electron chi connectivity index (χ2n) is 8.97. The number of nitrogens with one attached hydrogen (secondary N) is 1. The Kier molecular flexibility index (Phi) is 6.00. The highest BCUT2D eigenvalue weighted by Gasteiger charge is 2.48. The van der Waals surface area contributed by atoms with Gasteiger partial charge in [-0.15, -0.1) is 0 Å². The molecule has 3 heterocycles. The Labute approximate surface area is 211 Å². The number of aromatic nitrogens is 2. The molecule has 12 heteroatoms. The van der Waals surface area contributed by atoms with Gasteiger partial charge in [-0.3, -0.25) is 14.8 Å². The standard InChI is InChI=1S/C24H22ClFN4O5S/c1-36(33,34)17-5-2-4-15(10-17)12-30-13-16(11-27-30)22(31)29-9-3-8-24(14-29)20-19(28-23(32)35-24)7-6-18(25)21(20)26/h2,4-7,10-11,13H,3,8-9,12,14H2,1H3,(H,28,32)/t24-/m0/s1. The van der Waals surface area contributed by atoms with Crippen LogP contribution in [0.4, 0.5) is 14.9 Å². The van der Waals surface area contributed by atoms with Gasteiger partial charge in [0.1, 0.15) is 0 Å². The van der Waals surface area contributed by atoms with Crippen LogP contribution in [0, 0.1) is 5.82 Å². The molecule has 1 spiro atoms. The quantitative estimate of drug-likeness (QED) is 0.547. The maximum Gasteiger partial charge on any atom is 0.412 e. The van der Waals surface area contributed by atoms with E-state index in [2.05, 4.69) is 10.4 Å². The summed E-state index contributed by atoms with van der Waals surface area (Å²) in [6, 6.07) is 9.39. The fourth-order valence-corrected chi connectivity index (χ4v) is 5.60. The number of sulfone groups is 1. The van der Waals surface area contributed by atoms with E-state index in [1.165, 1.54) is 34.0 Å². The van der Waals surface area contributed by atoms with E-state index in [0.717, 1.165) is 6.26 Å². The van der Waals surface area contributed by atoms with Crippen LogP contribution >= 0.6 is 11.6 Å². The summed E-state index contributed by atoms with van der Waals surface area (Å²) in [7, 11) is -3.35. The number of piperidine rings is 1. The Bertz CT molecular complexity index is 1490. The van der Waals surface area contributed by atoms with Crippen molar-refractivity contribution in [2.75, 3.05) is 24.7 Å². The summed E-state index contributed by atoms with van der Waals surface area (Å²) in [6.07, 6.45) is 4.23. The molecule has 0 radical (unpaired) electrons. The van der Waals surface area contributed by atoms with Crippen LogP contribution in [0.25, 0.3) is 0 Å². The van der Waals surface area contributed by atoms with Gasteiger partial charge in [0.25, 0.3) is 5.91 Å². The summed E-state index contributed by atoms with van der Waals surface area (Å²) in [5.74, 6) is -1.03. The smallest absolute Gasteiger partial charge is 0.412 e. The second kappa shape index (κ2) is 8.90. The highest BCUT2D eigenvalue weighted by Crippen LogP contribution is 2.45. The third-order valence-electron chi connectivity index (χ3n) is 6.37. The highest BCUT2D eigenvalue weighted by atomic mass is 35.5. The van der Waals surface area contributed by atoms with Crippen LogP contribution in [0.5, 0.6) is 0 Å². The van der Waals surface area contributed by atoms with Crippen molar-refractivity contribution in [3.05, 3.63) is 76.3 Å². The summed E-state index contributed by atoms with van der Waals surface area (Å²) >= 11 is 6.01. The first-order valence-corrected chi connectivity index (χ1v) is 13.4. The Morgan fingerprint density at radius 1 is 1.31 bits per heavy atom. The molecule has 1 N–H and O–H groups in total. The lowest BCUT2D eigenvalue weighted by atomic mass is 9.83. The summed E-state index contributed by atoms with van der Waals surface area (Å²) in [4.78, 5) is 27.3. The van der Waals surface area contributed by atoms with Gasteiger partial charge >= 0.3 is 6.09 Å². The molecule has 2 aliphatic heterocycles. The van der Waals surface area contributed by atoms with Gasteiger partial charge in [-0.25, -0.2) is 17.6 Å². The summed E-state index contributed by atoms with van der Waals surface area (Å²) in [5.41, 5.74) is 0.0591. The van der Waals surface area contributed by atoms with Crippen LogP contribution in [0.15, 0.2) is 53.7 Å². The van der Waals surface area contributed by atoms with Gasteiger partial charge in [-0.1, -0.05) is 23.7 Å². The maximum absolute atomic E-state index is 15.1. The third-order valence-corrected chi connectivity index (χ3v) is 7.77. The van der Waals surface area contributed by atoms with Crippen molar-refractivity contribution in [3.63, 3.8) is 0 Å². The second-order valence-corrected chi connectivity index (χ2v) is 11.4. The molecule has 2 aliphatic rings. The van der Waals surface area contributed by atoms with E-state index >= 15 is 4.39 Å². The van der Waals surface area contributed by atoms with Gasteiger partial charge in [0.15, 0.2) is 21.3 Å². The summed E-state index contributed by atoms with van der Waals surface area (Å²) in [6.45, 7) is 0.622. The van der Waals surface area contributed by atoms with E-state index in [9.17, 15) is 18.0 Å². The lowest BCUT2D eigenvalue weighted by Crippen LogP contribution is -2.53. The van der Waals surface area contributed by atoms with Crippen molar-refractivity contribution in [1.29, 1.82) is 0 Å². The number of carbonyl (C=O) groups excluding carboxylic acids is 2. The summed E-state index contributed by atoms with van der Waals surface area (Å²) in [5, 5.41) is 6.65. The van der Waals surface area contributed by atoms with Crippen molar-refractivity contribution in [3.8, 4) is 0 Å². The molecule has 0 bridgehead atoms. The van der Waals surface area contributed by atoms with Crippen LogP contribution in [0.1, 0.15) is 34.3 Å². The molecular weight excluding hydrogens is 511 g/mol. The largest absolute Gasteiger partial charge is 0.436 e. The van der Waals surface area contributed by atoms with Gasteiger partial charge in [0, 0.05) is 19.0 Å². The molecule has 9 nitrogen and oxygen atoms in total. The molecule has 5 rings (SSSR count). The van der Waals surface area contributed by atoms with Gasteiger partial charge in [0.2, 0.25) is 0 Å². The minimum atomic E-state index is -3.35. The van der Waals surface area contributed by atoms with Crippen molar-refractivity contribution in [2.45, 2.75) is 29.9 Å². The molecule has 0 unspecified atom stereocenters. The Hall–Kier alpha value is -3.44. The molecular formula is C24H22ClFN4O5S. The van der Waals surface area contributed by atoms with E-state index in [-0.39, 0.29) is 40.2 Å². The van der Waals surface area contributed by atoms with Crippen molar-refractivity contribution < 1.29 is 27.1 Å². The molecule has 36 heavy (non-hydrogen) atoms. The molecule has 1 fully saturated rings. The van der Waals surface area contributed by atoms with Crippen LogP contribution in [0.3, 0.4) is 0 Å². The zero-order valence-electron chi connectivity index (χ0n) is 19.2. The van der Waals surface area contributed by atoms with E-state index in [1.54, 1.807) is 24.4 Å². The Balaban J connectivity index is 1.38. The molecule has 3 aromatic rings.